The van der Waals surface area contributed by atoms with Crippen LogP contribution in [-0.4, -0.2) is 13.6 Å². The van der Waals surface area contributed by atoms with Crippen LogP contribution >= 0.6 is 11.3 Å². The molecule has 1 fully saturated rings. The van der Waals surface area contributed by atoms with Crippen LogP contribution in [0.5, 0.6) is 0 Å². The molecule has 66 valence electrons. The Balaban J connectivity index is 2.01. The molecule has 2 atom stereocenters. The van der Waals surface area contributed by atoms with E-state index in [-0.39, 0.29) is 0 Å². The predicted molar refractivity (Wildman–Crippen MR) is 53.8 cm³/mol. The Bertz CT molecular complexity index is 267. The lowest BCUT2D eigenvalue weighted by Crippen LogP contribution is -2.10. The van der Waals surface area contributed by atoms with Crippen molar-refractivity contribution < 1.29 is 0 Å². The number of nitrogens with one attached hydrogen (secondary N) is 1. The fourth-order valence-corrected chi connectivity index (χ4v) is 2.96. The number of thiophene rings is 1. The van der Waals surface area contributed by atoms with Crippen LogP contribution in [-0.2, 0) is 0 Å². The van der Waals surface area contributed by atoms with Crippen molar-refractivity contribution in [2.24, 2.45) is 5.92 Å². The van der Waals surface area contributed by atoms with Crippen molar-refractivity contribution in [3.05, 3.63) is 21.9 Å². The Morgan fingerprint density at radius 3 is 3.08 bits per heavy atom. The van der Waals surface area contributed by atoms with Crippen LogP contribution in [0.25, 0.3) is 0 Å². The molecule has 1 N–H and O–H groups in total. The molecule has 0 aromatic carbocycles. The zero-order valence-corrected chi connectivity index (χ0v) is 8.45. The van der Waals surface area contributed by atoms with E-state index in [9.17, 15) is 0 Å². The lowest BCUT2D eigenvalue weighted by atomic mass is 10.2. The molecule has 1 aliphatic carbocycles. The van der Waals surface area contributed by atoms with E-state index in [1.165, 1.54) is 18.5 Å². The third-order valence-electron chi connectivity index (χ3n) is 2.63. The molecule has 1 heterocycles. The number of hydrogen-bond acceptors (Lipinski definition) is 2. The first-order chi connectivity index (χ1) is 5.83. The Morgan fingerprint density at radius 1 is 1.67 bits per heavy atom. The first-order valence-electron chi connectivity index (χ1n) is 4.51. The fraction of sp³-hybridized carbons (Fsp3) is 0.600. The fourth-order valence-electron chi connectivity index (χ4n) is 1.82. The molecular formula is C10H15NS. The van der Waals surface area contributed by atoms with E-state index in [2.05, 4.69) is 23.7 Å². The molecule has 1 saturated carbocycles. The normalized spacial score (nSPS) is 27.5. The lowest BCUT2D eigenvalue weighted by Gasteiger charge is -1.97. The zero-order chi connectivity index (χ0) is 8.55. The molecule has 2 heteroatoms. The van der Waals surface area contributed by atoms with Crippen LogP contribution in [0.3, 0.4) is 0 Å². The first-order valence-corrected chi connectivity index (χ1v) is 5.39. The summed E-state index contributed by atoms with van der Waals surface area (Å²) in [6.07, 6.45) is 1.39. The van der Waals surface area contributed by atoms with Gasteiger partial charge in [0.2, 0.25) is 0 Å². The maximum Gasteiger partial charge on any atom is 0.0109 e. The Labute approximate surface area is 77.8 Å². The minimum atomic E-state index is 0.873. The number of hydrogen-bond donors (Lipinski definition) is 1. The minimum absolute atomic E-state index is 0.873. The average molecular weight is 181 g/mol. The van der Waals surface area contributed by atoms with Gasteiger partial charge in [-0.05, 0) is 55.8 Å². The monoisotopic (exact) mass is 181 g/mol. The van der Waals surface area contributed by atoms with E-state index in [4.69, 9.17) is 0 Å². The van der Waals surface area contributed by atoms with Gasteiger partial charge in [0.15, 0.2) is 0 Å². The van der Waals surface area contributed by atoms with Gasteiger partial charge in [-0.15, -0.1) is 11.3 Å². The topological polar surface area (TPSA) is 12.0 Å². The van der Waals surface area contributed by atoms with E-state index in [1.807, 2.05) is 18.4 Å². The molecule has 0 radical (unpaired) electrons. The Morgan fingerprint density at radius 2 is 2.50 bits per heavy atom. The van der Waals surface area contributed by atoms with E-state index >= 15 is 0 Å². The quantitative estimate of drug-likeness (QED) is 0.755. The standard InChI is InChI=1S/C10H15NS/c1-7-3-4-12-10(7)9-5-8(9)6-11-2/h3-4,8-9,11H,5-6H2,1-2H3. The van der Waals surface area contributed by atoms with E-state index in [1.54, 1.807) is 4.88 Å². The molecule has 1 aromatic heterocycles. The second-order valence-electron chi connectivity index (χ2n) is 3.63. The summed E-state index contributed by atoms with van der Waals surface area (Å²) in [7, 11) is 2.04. The highest BCUT2D eigenvalue weighted by Gasteiger charge is 2.38. The van der Waals surface area contributed by atoms with Crippen molar-refractivity contribution in [2.75, 3.05) is 13.6 Å². The summed E-state index contributed by atoms with van der Waals surface area (Å²) in [6, 6.07) is 2.23. The third-order valence-corrected chi connectivity index (χ3v) is 3.78. The predicted octanol–water partition coefficient (Wildman–Crippen LogP) is 2.38. The van der Waals surface area contributed by atoms with Gasteiger partial charge < -0.3 is 5.32 Å². The molecule has 1 aliphatic rings. The summed E-state index contributed by atoms with van der Waals surface area (Å²) in [5.74, 6) is 1.78. The van der Waals surface area contributed by atoms with Gasteiger partial charge in [0.05, 0.1) is 0 Å². The lowest BCUT2D eigenvalue weighted by molar-refractivity contribution is 0.700. The summed E-state index contributed by atoms with van der Waals surface area (Å²) in [5, 5.41) is 5.45. The van der Waals surface area contributed by atoms with Crippen LogP contribution in [0.2, 0.25) is 0 Å². The molecule has 0 aliphatic heterocycles. The molecular weight excluding hydrogens is 166 g/mol. The molecule has 0 bridgehead atoms. The van der Waals surface area contributed by atoms with Crippen molar-refractivity contribution >= 4 is 11.3 Å². The summed E-state index contributed by atoms with van der Waals surface area (Å²) in [4.78, 5) is 1.62. The highest BCUT2D eigenvalue weighted by Crippen LogP contribution is 2.49. The van der Waals surface area contributed by atoms with Crippen LogP contribution in [0.15, 0.2) is 11.4 Å². The van der Waals surface area contributed by atoms with Crippen molar-refractivity contribution in [1.82, 2.24) is 5.32 Å². The van der Waals surface area contributed by atoms with Gasteiger partial charge in [-0.1, -0.05) is 0 Å². The van der Waals surface area contributed by atoms with E-state index < -0.39 is 0 Å². The molecule has 0 saturated heterocycles. The van der Waals surface area contributed by atoms with Gasteiger partial charge in [-0.2, -0.15) is 0 Å². The van der Waals surface area contributed by atoms with Crippen molar-refractivity contribution in [2.45, 2.75) is 19.3 Å². The molecule has 2 rings (SSSR count). The van der Waals surface area contributed by atoms with Crippen LogP contribution in [0.4, 0.5) is 0 Å². The summed E-state index contributed by atoms with van der Waals surface area (Å²) >= 11 is 1.92. The molecule has 0 spiro atoms. The maximum atomic E-state index is 3.25. The first kappa shape index (κ1) is 8.27. The smallest absolute Gasteiger partial charge is 0.0109 e. The van der Waals surface area contributed by atoms with Crippen molar-refractivity contribution in [1.29, 1.82) is 0 Å². The van der Waals surface area contributed by atoms with E-state index in [0.717, 1.165) is 11.8 Å². The second-order valence-corrected chi connectivity index (χ2v) is 4.58. The van der Waals surface area contributed by atoms with Gasteiger partial charge in [0, 0.05) is 4.88 Å². The molecule has 2 unspecified atom stereocenters. The molecule has 1 nitrogen and oxygen atoms in total. The van der Waals surface area contributed by atoms with Crippen LogP contribution in [0, 0.1) is 12.8 Å². The summed E-state index contributed by atoms with van der Waals surface area (Å²) < 4.78 is 0. The van der Waals surface area contributed by atoms with Gasteiger partial charge in [0.25, 0.3) is 0 Å². The van der Waals surface area contributed by atoms with Crippen LogP contribution < -0.4 is 5.32 Å². The Hall–Kier alpha value is -0.340. The number of rotatable bonds is 3. The summed E-state index contributed by atoms with van der Waals surface area (Å²) in [5.41, 5.74) is 1.49. The molecule has 12 heavy (non-hydrogen) atoms. The molecule has 1 aromatic rings. The summed E-state index contributed by atoms with van der Waals surface area (Å²) in [6.45, 7) is 3.41. The highest BCUT2D eigenvalue weighted by atomic mass is 32.1. The van der Waals surface area contributed by atoms with Gasteiger partial charge in [-0.25, -0.2) is 0 Å². The second kappa shape index (κ2) is 3.19. The van der Waals surface area contributed by atoms with Gasteiger partial charge in [0.1, 0.15) is 0 Å². The SMILES string of the molecule is CNCC1CC1c1sccc1C. The van der Waals surface area contributed by atoms with Crippen LogP contribution in [0.1, 0.15) is 22.8 Å². The largest absolute Gasteiger partial charge is 0.319 e. The average Bonchev–Trinajstić information content (AvgIpc) is 2.67. The minimum Gasteiger partial charge on any atom is -0.319 e. The Kier molecular flexibility index (Phi) is 2.20. The maximum absolute atomic E-state index is 3.25. The molecule has 0 amide bonds. The van der Waals surface area contributed by atoms with Crippen molar-refractivity contribution in [3.63, 3.8) is 0 Å². The van der Waals surface area contributed by atoms with Gasteiger partial charge >= 0.3 is 0 Å². The van der Waals surface area contributed by atoms with Gasteiger partial charge in [-0.3, -0.25) is 0 Å². The van der Waals surface area contributed by atoms with Crippen molar-refractivity contribution in [3.8, 4) is 0 Å². The van der Waals surface area contributed by atoms with E-state index in [0.29, 0.717) is 0 Å². The zero-order valence-electron chi connectivity index (χ0n) is 7.63. The third kappa shape index (κ3) is 1.41. The highest BCUT2D eigenvalue weighted by molar-refractivity contribution is 7.10. The number of aryl methyl sites for hydroxylation is 1.